The number of hydrogen-bond donors (Lipinski definition) is 1. The number of anilines is 1. The summed E-state index contributed by atoms with van der Waals surface area (Å²) in [6.07, 6.45) is 0. The van der Waals surface area contributed by atoms with Crippen LogP contribution in [0.25, 0.3) is 22.8 Å². The van der Waals surface area contributed by atoms with Gasteiger partial charge in [-0.05, 0) is 60.7 Å². The third-order valence-electron chi connectivity index (χ3n) is 4.79. The molecule has 0 aliphatic carbocycles. The minimum absolute atomic E-state index is 0.235. The molecule has 0 fully saturated rings. The average molecular weight is 431 g/mol. The first-order chi connectivity index (χ1) is 15.6. The van der Waals surface area contributed by atoms with Crippen molar-refractivity contribution in [2.24, 2.45) is 0 Å². The van der Waals surface area contributed by atoms with Gasteiger partial charge in [0, 0.05) is 22.4 Å². The van der Waals surface area contributed by atoms with E-state index >= 15 is 0 Å². The summed E-state index contributed by atoms with van der Waals surface area (Å²) < 4.78 is 21.2. The SMILES string of the molecule is COc1ccc(C(=O)Nc2cccc(-c3nc(-c4ccc(OC)c(OC)c4)no3)c2)cc1. The van der Waals surface area contributed by atoms with Gasteiger partial charge in [0.05, 0.1) is 21.3 Å². The maximum Gasteiger partial charge on any atom is 0.258 e. The van der Waals surface area contributed by atoms with Gasteiger partial charge in [-0.25, -0.2) is 0 Å². The van der Waals surface area contributed by atoms with Crippen LogP contribution in [0, 0.1) is 0 Å². The number of carbonyl (C=O) groups is 1. The fourth-order valence-corrected chi connectivity index (χ4v) is 3.11. The van der Waals surface area contributed by atoms with Crippen molar-refractivity contribution in [2.45, 2.75) is 0 Å². The molecule has 8 heteroatoms. The van der Waals surface area contributed by atoms with E-state index in [0.717, 1.165) is 5.56 Å². The smallest absolute Gasteiger partial charge is 0.258 e. The largest absolute Gasteiger partial charge is 0.497 e. The summed E-state index contributed by atoms with van der Waals surface area (Å²) in [4.78, 5) is 17.0. The number of aromatic nitrogens is 2. The molecule has 4 aromatic rings. The number of nitrogens with one attached hydrogen (secondary N) is 1. The van der Waals surface area contributed by atoms with Crippen LogP contribution in [0.5, 0.6) is 17.2 Å². The first-order valence-corrected chi connectivity index (χ1v) is 9.73. The minimum atomic E-state index is -0.235. The Morgan fingerprint density at radius 2 is 1.62 bits per heavy atom. The highest BCUT2D eigenvalue weighted by atomic mass is 16.5. The third-order valence-corrected chi connectivity index (χ3v) is 4.79. The van der Waals surface area contributed by atoms with Gasteiger partial charge in [-0.1, -0.05) is 11.2 Å². The van der Waals surface area contributed by atoms with Crippen LogP contribution in [0.1, 0.15) is 10.4 Å². The van der Waals surface area contributed by atoms with Crippen LogP contribution in [0.3, 0.4) is 0 Å². The van der Waals surface area contributed by atoms with Gasteiger partial charge >= 0.3 is 0 Å². The summed E-state index contributed by atoms with van der Waals surface area (Å²) in [6.45, 7) is 0. The van der Waals surface area contributed by atoms with E-state index in [2.05, 4.69) is 15.5 Å². The van der Waals surface area contributed by atoms with Crippen LogP contribution < -0.4 is 19.5 Å². The van der Waals surface area contributed by atoms with Gasteiger partial charge in [0.25, 0.3) is 11.8 Å². The Labute approximate surface area is 184 Å². The monoisotopic (exact) mass is 431 g/mol. The van der Waals surface area contributed by atoms with Gasteiger partial charge in [0.15, 0.2) is 11.5 Å². The number of nitrogens with zero attached hydrogens (tertiary/aromatic N) is 2. The second kappa shape index (κ2) is 9.22. The van der Waals surface area contributed by atoms with Crippen LogP contribution in [-0.4, -0.2) is 37.4 Å². The van der Waals surface area contributed by atoms with Gasteiger partial charge in [-0.15, -0.1) is 0 Å². The number of ether oxygens (including phenoxy) is 3. The molecule has 0 saturated heterocycles. The fraction of sp³-hybridized carbons (Fsp3) is 0.125. The number of rotatable bonds is 7. The van der Waals surface area contributed by atoms with Gasteiger partial charge in [0.2, 0.25) is 5.82 Å². The molecule has 1 heterocycles. The topological polar surface area (TPSA) is 95.7 Å². The van der Waals surface area contributed by atoms with Crippen molar-refractivity contribution in [3.05, 3.63) is 72.3 Å². The van der Waals surface area contributed by atoms with E-state index in [0.29, 0.717) is 45.8 Å². The number of amides is 1. The molecule has 0 aliphatic heterocycles. The Morgan fingerprint density at radius 1 is 0.844 bits per heavy atom. The summed E-state index contributed by atoms with van der Waals surface area (Å²) in [7, 11) is 4.72. The molecule has 0 spiro atoms. The van der Waals surface area contributed by atoms with Crippen LogP contribution in [0.2, 0.25) is 0 Å². The fourth-order valence-electron chi connectivity index (χ4n) is 3.11. The zero-order valence-electron chi connectivity index (χ0n) is 17.8. The van der Waals surface area contributed by atoms with E-state index in [1.54, 1.807) is 75.9 Å². The van der Waals surface area contributed by atoms with Gasteiger partial charge in [-0.2, -0.15) is 4.98 Å². The first kappa shape index (κ1) is 20.9. The number of benzene rings is 3. The predicted octanol–water partition coefficient (Wildman–Crippen LogP) is 4.68. The highest BCUT2D eigenvalue weighted by Gasteiger charge is 2.14. The van der Waals surface area contributed by atoms with Crippen molar-refractivity contribution in [1.29, 1.82) is 0 Å². The molecule has 3 aromatic carbocycles. The first-order valence-electron chi connectivity index (χ1n) is 9.73. The van der Waals surface area contributed by atoms with E-state index in [4.69, 9.17) is 18.7 Å². The molecule has 32 heavy (non-hydrogen) atoms. The molecule has 0 unspecified atom stereocenters. The highest BCUT2D eigenvalue weighted by molar-refractivity contribution is 6.04. The summed E-state index contributed by atoms with van der Waals surface area (Å²) in [5.74, 6) is 2.37. The van der Waals surface area contributed by atoms with Gasteiger partial charge in [0.1, 0.15) is 5.75 Å². The molecule has 0 saturated carbocycles. The van der Waals surface area contributed by atoms with E-state index in [9.17, 15) is 4.79 Å². The van der Waals surface area contributed by atoms with Crippen molar-refractivity contribution in [1.82, 2.24) is 10.1 Å². The summed E-state index contributed by atoms with van der Waals surface area (Å²) in [6, 6.07) is 19.4. The number of hydrogen-bond acceptors (Lipinski definition) is 7. The van der Waals surface area contributed by atoms with Crippen LogP contribution >= 0.6 is 0 Å². The molecule has 0 bridgehead atoms. The van der Waals surface area contributed by atoms with E-state index in [-0.39, 0.29) is 5.91 Å². The van der Waals surface area contributed by atoms with E-state index in [1.165, 1.54) is 0 Å². The lowest BCUT2D eigenvalue weighted by molar-refractivity contribution is 0.102. The molecule has 1 amide bonds. The zero-order chi connectivity index (χ0) is 22.5. The third kappa shape index (κ3) is 4.39. The van der Waals surface area contributed by atoms with E-state index in [1.807, 2.05) is 12.1 Å². The molecule has 1 N–H and O–H groups in total. The summed E-state index contributed by atoms with van der Waals surface area (Å²) in [5.41, 5.74) is 2.53. The minimum Gasteiger partial charge on any atom is -0.497 e. The summed E-state index contributed by atoms with van der Waals surface area (Å²) >= 11 is 0. The van der Waals surface area contributed by atoms with Crippen LogP contribution in [0.15, 0.2) is 71.3 Å². The molecule has 0 radical (unpaired) electrons. The molecule has 0 aliphatic rings. The molecule has 162 valence electrons. The second-order valence-corrected chi connectivity index (χ2v) is 6.76. The Kier molecular flexibility index (Phi) is 6.03. The Morgan fingerprint density at radius 3 is 2.34 bits per heavy atom. The normalized spacial score (nSPS) is 10.5. The second-order valence-electron chi connectivity index (χ2n) is 6.76. The number of carbonyl (C=O) groups excluding carboxylic acids is 1. The average Bonchev–Trinajstić information content (AvgIpc) is 3.34. The predicted molar refractivity (Wildman–Crippen MR) is 119 cm³/mol. The Bertz CT molecular complexity index is 1230. The van der Waals surface area contributed by atoms with Gasteiger partial charge < -0.3 is 24.1 Å². The van der Waals surface area contributed by atoms with Crippen LogP contribution in [0.4, 0.5) is 5.69 Å². The van der Waals surface area contributed by atoms with Crippen LogP contribution in [-0.2, 0) is 0 Å². The van der Waals surface area contributed by atoms with Crippen molar-refractivity contribution in [3.63, 3.8) is 0 Å². The highest BCUT2D eigenvalue weighted by Crippen LogP contribution is 2.32. The zero-order valence-corrected chi connectivity index (χ0v) is 17.8. The van der Waals surface area contributed by atoms with Crippen molar-refractivity contribution in [3.8, 4) is 40.1 Å². The van der Waals surface area contributed by atoms with Gasteiger partial charge in [-0.3, -0.25) is 4.79 Å². The maximum atomic E-state index is 12.5. The molecular formula is C24H21N3O5. The molecular weight excluding hydrogens is 410 g/mol. The summed E-state index contributed by atoms with van der Waals surface area (Å²) in [5, 5.41) is 6.94. The van der Waals surface area contributed by atoms with Crippen molar-refractivity contribution < 1.29 is 23.5 Å². The quantitative estimate of drug-likeness (QED) is 0.454. The molecule has 4 rings (SSSR count). The van der Waals surface area contributed by atoms with Crippen molar-refractivity contribution >= 4 is 11.6 Å². The molecule has 8 nitrogen and oxygen atoms in total. The Balaban J connectivity index is 1.54. The standard InChI is InChI=1S/C24H21N3O5/c1-29-19-10-7-15(8-11-19)23(28)25-18-6-4-5-17(13-18)24-26-22(27-32-24)16-9-12-20(30-2)21(14-16)31-3/h4-14H,1-3H3,(H,25,28). The van der Waals surface area contributed by atoms with E-state index < -0.39 is 0 Å². The molecule has 1 aromatic heterocycles. The molecule has 0 atom stereocenters. The lowest BCUT2D eigenvalue weighted by Gasteiger charge is -2.07. The number of methoxy groups -OCH3 is 3. The Hall–Kier alpha value is -4.33. The lowest BCUT2D eigenvalue weighted by atomic mass is 10.1. The maximum absolute atomic E-state index is 12.5. The van der Waals surface area contributed by atoms with Crippen molar-refractivity contribution in [2.75, 3.05) is 26.6 Å². The lowest BCUT2D eigenvalue weighted by Crippen LogP contribution is -2.11.